The summed E-state index contributed by atoms with van der Waals surface area (Å²) >= 11 is 0. The highest BCUT2D eigenvalue weighted by molar-refractivity contribution is 5.62. The van der Waals surface area contributed by atoms with Gasteiger partial charge in [0.05, 0.1) is 5.69 Å². The summed E-state index contributed by atoms with van der Waals surface area (Å²) in [7, 11) is 0. The van der Waals surface area contributed by atoms with Crippen LogP contribution in [0.1, 0.15) is 18.9 Å². The fraction of sp³-hybridized carbons (Fsp3) is 0.214. The third-order valence-corrected chi connectivity index (χ3v) is 2.46. The Labute approximate surface area is 90.8 Å². The van der Waals surface area contributed by atoms with E-state index in [1.165, 1.54) is 11.1 Å². The van der Waals surface area contributed by atoms with E-state index in [0.717, 1.165) is 18.5 Å². The lowest BCUT2D eigenvalue weighted by molar-refractivity contribution is 0.916. The maximum Gasteiger partial charge on any atom is 0.0733 e. The van der Waals surface area contributed by atoms with Crippen LogP contribution in [0.2, 0.25) is 0 Å². The van der Waals surface area contributed by atoms with Crippen molar-refractivity contribution in [3.8, 4) is 11.3 Å². The zero-order chi connectivity index (χ0) is 10.5. The van der Waals surface area contributed by atoms with Gasteiger partial charge in [0, 0.05) is 11.8 Å². The van der Waals surface area contributed by atoms with Gasteiger partial charge in [-0.1, -0.05) is 49.7 Å². The average Bonchev–Trinajstić information content (AvgIpc) is 2.31. The Hall–Kier alpha value is -1.63. The van der Waals surface area contributed by atoms with E-state index in [1.54, 1.807) is 0 Å². The Morgan fingerprint density at radius 3 is 2.53 bits per heavy atom. The Kier molecular flexibility index (Phi) is 3.13. The number of aromatic nitrogens is 1. The van der Waals surface area contributed by atoms with Crippen molar-refractivity contribution in [1.82, 2.24) is 4.98 Å². The van der Waals surface area contributed by atoms with Crippen molar-refractivity contribution < 1.29 is 0 Å². The first-order valence-corrected chi connectivity index (χ1v) is 5.41. The average molecular weight is 197 g/mol. The number of pyridine rings is 1. The minimum atomic E-state index is 1.10. The minimum absolute atomic E-state index is 1.10. The van der Waals surface area contributed by atoms with Crippen LogP contribution in [0.25, 0.3) is 11.3 Å². The lowest BCUT2D eigenvalue weighted by Crippen LogP contribution is -1.91. The highest BCUT2D eigenvalue weighted by Gasteiger charge is 2.03. The van der Waals surface area contributed by atoms with Crippen LogP contribution in [-0.2, 0) is 6.42 Å². The molecular formula is C14H15N. The van der Waals surface area contributed by atoms with Gasteiger partial charge in [0.1, 0.15) is 0 Å². The first kappa shape index (κ1) is 9.91. The Morgan fingerprint density at radius 1 is 1.00 bits per heavy atom. The van der Waals surface area contributed by atoms with Gasteiger partial charge in [-0.25, -0.2) is 0 Å². The first-order chi connectivity index (χ1) is 7.42. The molecule has 0 spiro atoms. The SMILES string of the molecule is CCCc1cccnc1-c1ccccc1. The number of aryl methyl sites for hydroxylation is 1. The number of hydrogen-bond acceptors (Lipinski definition) is 1. The molecular weight excluding hydrogens is 182 g/mol. The molecule has 0 amide bonds. The lowest BCUT2D eigenvalue weighted by Gasteiger charge is -2.06. The van der Waals surface area contributed by atoms with Gasteiger partial charge in [0.15, 0.2) is 0 Å². The van der Waals surface area contributed by atoms with Crippen molar-refractivity contribution in [3.63, 3.8) is 0 Å². The summed E-state index contributed by atoms with van der Waals surface area (Å²) in [5.74, 6) is 0. The van der Waals surface area contributed by atoms with Gasteiger partial charge in [-0.15, -0.1) is 0 Å². The number of benzene rings is 1. The van der Waals surface area contributed by atoms with E-state index in [0.29, 0.717) is 0 Å². The van der Waals surface area contributed by atoms with Crippen LogP contribution >= 0.6 is 0 Å². The zero-order valence-electron chi connectivity index (χ0n) is 8.98. The Balaban J connectivity index is 2.43. The summed E-state index contributed by atoms with van der Waals surface area (Å²) in [6.45, 7) is 2.20. The topological polar surface area (TPSA) is 12.9 Å². The molecule has 1 nitrogen and oxygen atoms in total. The molecule has 15 heavy (non-hydrogen) atoms. The van der Waals surface area contributed by atoms with E-state index in [9.17, 15) is 0 Å². The van der Waals surface area contributed by atoms with Crippen molar-refractivity contribution in [2.75, 3.05) is 0 Å². The quantitative estimate of drug-likeness (QED) is 0.731. The molecule has 0 bridgehead atoms. The van der Waals surface area contributed by atoms with Gasteiger partial charge >= 0.3 is 0 Å². The van der Waals surface area contributed by atoms with E-state index < -0.39 is 0 Å². The molecule has 0 saturated carbocycles. The normalized spacial score (nSPS) is 10.2. The predicted octanol–water partition coefficient (Wildman–Crippen LogP) is 3.70. The second-order valence-corrected chi connectivity index (χ2v) is 3.63. The van der Waals surface area contributed by atoms with Crippen LogP contribution in [0, 0.1) is 0 Å². The molecule has 1 heterocycles. The monoisotopic (exact) mass is 197 g/mol. The molecule has 76 valence electrons. The first-order valence-electron chi connectivity index (χ1n) is 5.41. The summed E-state index contributed by atoms with van der Waals surface area (Å²) in [4.78, 5) is 4.47. The maximum atomic E-state index is 4.47. The molecule has 0 aliphatic heterocycles. The molecule has 1 aromatic heterocycles. The van der Waals surface area contributed by atoms with Crippen LogP contribution in [0.4, 0.5) is 0 Å². The molecule has 2 aromatic rings. The van der Waals surface area contributed by atoms with Crippen LogP contribution in [-0.4, -0.2) is 4.98 Å². The summed E-state index contributed by atoms with van der Waals surface area (Å²) in [6, 6.07) is 14.5. The molecule has 1 heteroatoms. The molecule has 2 rings (SSSR count). The highest BCUT2D eigenvalue weighted by atomic mass is 14.7. The largest absolute Gasteiger partial charge is 0.256 e. The van der Waals surface area contributed by atoms with E-state index >= 15 is 0 Å². The summed E-state index contributed by atoms with van der Waals surface area (Å²) in [5.41, 5.74) is 3.67. The smallest absolute Gasteiger partial charge is 0.0733 e. The standard InChI is InChI=1S/C14H15N/c1-2-7-12-10-6-11-15-14(12)13-8-4-3-5-9-13/h3-6,8-11H,2,7H2,1H3. The molecule has 0 radical (unpaired) electrons. The van der Waals surface area contributed by atoms with E-state index in [1.807, 2.05) is 18.3 Å². The van der Waals surface area contributed by atoms with Crippen molar-refractivity contribution in [1.29, 1.82) is 0 Å². The number of rotatable bonds is 3. The van der Waals surface area contributed by atoms with Gasteiger partial charge in [-0.3, -0.25) is 4.98 Å². The molecule has 0 unspecified atom stereocenters. The third-order valence-electron chi connectivity index (χ3n) is 2.46. The van der Waals surface area contributed by atoms with E-state index in [4.69, 9.17) is 0 Å². The lowest BCUT2D eigenvalue weighted by atomic mass is 10.0. The van der Waals surface area contributed by atoms with E-state index in [-0.39, 0.29) is 0 Å². The number of hydrogen-bond donors (Lipinski definition) is 0. The van der Waals surface area contributed by atoms with Gasteiger partial charge in [-0.2, -0.15) is 0 Å². The maximum absolute atomic E-state index is 4.47. The van der Waals surface area contributed by atoms with Crippen molar-refractivity contribution in [2.45, 2.75) is 19.8 Å². The minimum Gasteiger partial charge on any atom is -0.256 e. The van der Waals surface area contributed by atoms with Crippen LogP contribution < -0.4 is 0 Å². The Morgan fingerprint density at radius 2 is 1.80 bits per heavy atom. The molecule has 0 N–H and O–H groups in total. The number of nitrogens with zero attached hydrogens (tertiary/aromatic N) is 1. The summed E-state index contributed by atoms with van der Waals surface area (Å²) in [5, 5.41) is 0. The van der Waals surface area contributed by atoms with Crippen molar-refractivity contribution in [2.24, 2.45) is 0 Å². The van der Waals surface area contributed by atoms with Crippen LogP contribution in [0.15, 0.2) is 48.7 Å². The van der Waals surface area contributed by atoms with Crippen LogP contribution in [0.5, 0.6) is 0 Å². The second-order valence-electron chi connectivity index (χ2n) is 3.63. The zero-order valence-corrected chi connectivity index (χ0v) is 8.98. The fourth-order valence-electron chi connectivity index (χ4n) is 1.77. The van der Waals surface area contributed by atoms with Crippen molar-refractivity contribution in [3.05, 3.63) is 54.2 Å². The Bertz CT molecular complexity index is 420. The summed E-state index contributed by atoms with van der Waals surface area (Å²) in [6.07, 6.45) is 4.12. The van der Waals surface area contributed by atoms with Gasteiger partial charge in [0.2, 0.25) is 0 Å². The predicted molar refractivity (Wildman–Crippen MR) is 63.7 cm³/mol. The molecule has 0 saturated heterocycles. The molecule has 0 fully saturated rings. The van der Waals surface area contributed by atoms with Gasteiger partial charge in [-0.05, 0) is 18.1 Å². The van der Waals surface area contributed by atoms with Gasteiger partial charge in [0.25, 0.3) is 0 Å². The third kappa shape index (κ3) is 2.24. The fourth-order valence-corrected chi connectivity index (χ4v) is 1.77. The van der Waals surface area contributed by atoms with Crippen LogP contribution in [0.3, 0.4) is 0 Å². The molecule has 1 aromatic carbocycles. The summed E-state index contributed by atoms with van der Waals surface area (Å²) < 4.78 is 0. The highest BCUT2D eigenvalue weighted by Crippen LogP contribution is 2.21. The molecule has 0 aliphatic rings. The van der Waals surface area contributed by atoms with E-state index in [2.05, 4.69) is 42.2 Å². The van der Waals surface area contributed by atoms with Gasteiger partial charge < -0.3 is 0 Å². The molecule has 0 atom stereocenters. The van der Waals surface area contributed by atoms with Crippen molar-refractivity contribution >= 4 is 0 Å². The molecule has 0 aliphatic carbocycles. The second kappa shape index (κ2) is 4.74.